The van der Waals surface area contributed by atoms with Crippen LogP contribution in [0.3, 0.4) is 0 Å². The van der Waals surface area contributed by atoms with E-state index in [0.29, 0.717) is 0 Å². The van der Waals surface area contributed by atoms with E-state index in [1.807, 2.05) is 0 Å². The molecule has 0 saturated heterocycles. The Morgan fingerprint density at radius 2 is 0.577 bits per heavy atom. The van der Waals surface area contributed by atoms with Crippen LogP contribution in [-0.4, -0.2) is 46.8 Å². The van der Waals surface area contributed by atoms with E-state index in [9.17, 15) is 0 Å². The maximum atomic E-state index is 2.59. The van der Waals surface area contributed by atoms with E-state index < -0.39 is 0 Å². The summed E-state index contributed by atoms with van der Waals surface area (Å²) in [6.45, 7) is 22.9. The summed E-state index contributed by atoms with van der Waals surface area (Å²) in [4.78, 5) is 0. The van der Waals surface area contributed by atoms with Gasteiger partial charge in [0, 0.05) is 12.8 Å². The van der Waals surface area contributed by atoms with E-state index in [-0.39, 0.29) is 44.8 Å². The molecule has 4 heteroatoms. The van der Waals surface area contributed by atoms with Gasteiger partial charge < -0.3 is 34.0 Å². The monoisotopic (exact) mass is 830 g/mol. The minimum absolute atomic E-state index is 0. The van der Waals surface area contributed by atoms with Crippen LogP contribution in [0, 0.1) is 10.8 Å². The predicted octanol–water partition coefficient (Wildman–Crippen LogP) is 5.55. The number of benzene rings is 4. The van der Waals surface area contributed by atoms with Crippen molar-refractivity contribution in [3.8, 4) is 0 Å². The Morgan fingerprint density at radius 3 is 0.731 bits per heavy atom. The lowest BCUT2D eigenvalue weighted by Gasteiger charge is -2.33. The van der Waals surface area contributed by atoms with Gasteiger partial charge in [-0.15, -0.1) is 0 Å². The lowest BCUT2D eigenvalue weighted by Crippen LogP contribution is -3.00. The van der Waals surface area contributed by atoms with Crippen LogP contribution in [0.1, 0.15) is 103 Å². The average molecular weight is 833 g/mol. The zero-order valence-electron chi connectivity index (χ0n) is 33.7. The molecule has 0 fully saturated rings. The van der Waals surface area contributed by atoms with Crippen LogP contribution in [0.5, 0.6) is 0 Å². The van der Waals surface area contributed by atoms with Crippen LogP contribution in [0.4, 0.5) is 0 Å². The highest BCUT2D eigenvalue weighted by atomic mass is 79.9. The molecular weight excluding hydrogens is 764 g/mol. The molecule has 0 aliphatic rings. The fraction of sp³-hybridized carbons (Fsp3) is 0.458. The third-order valence-corrected chi connectivity index (χ3v) is 11.1. The molecule has 0 N–H and O–H groups in total. The summed E-state index contributed by atoms with van der Waals surface area (Å²) in [5.74, 6) is 0. The topological polar surface area (TPSA) is 6.02 Å². The molecular formula is C48H68Br2N2. The molecule has 0 radical (unpaired) electrons. The fourth-order valence-corrected chi connectivity index (χ4v) is 8.47. The van der Waals surface area contributed by atoms with Crippen molar-refractivity contribution in [3.63, 3.8) is 0 Å². The molecule has 52 heavy (non-hydrogen) atoms. The highest BCUT2D eigenvalue weighted by Crippen LogP contribution is 2.36. The molecule has 0 aromatic heterocycles. The minimum atomic E-state index is 0. The smallest absolute Gasteiger partial charge is 0.158 e. The van der Waals surface area contributed by atoms with Crippen molar-refractivity contribution < 1.29 is 43.1 Å². The third-order valence-electron chi connectivity index (χ3n) is 11.1. The molecule has 0 unspecified atom stereocenters. The Morgan fingerprint density at radius 1 is 0.365 bits per heavy atom. The summed E-state index contributed by atoms with van der Waals surface area (Å²) in [6, 6.07) is 44.1. The number of hydrogen-bond donors (Lipinski definition) is 0. The molecule has 4 rings (SSSR count). The molecule has 0 bridgehead atoms. The maximum absolute atomic E-state index is 2.59. The lowest BCUT2D eigenvalue weighted by molar-refractivity contribution is -0.526. The van der Waals surface area contributed by atoms with Crippen molar-refractivity contribution in [2.75, 3.05) is 26.2 Å². The van der Waals surface area contributed by atoms with Crippen molar-refractivity contribution in [1.29, 1.82) is 0 Å². The summed E-state index contributed by atoms with van der Waals surface area (Å²) >= 11 is 0. The molecule has 0 saturated carbocycles. The first-order valence-corrected chi connectivity index (χ1v) is 19.8. The highest BCUT2D eigenvalue weighted by molar-refractivity contribution is 5.87. The van der Waals surface area contributed by atoms with Gasteiger partial charge in [-0.25, -0.2) is 9.15 Å². The van der Waals surface area contributed by atoms with Crippen LogP contribution >= 0.6 is 0 Å². The predicted molar refractivity (Wildman–Crippen MR) is 219 cm³/mol. The maximum Gasteiger partial charge on any atom is 0.158 e. The van der Waals surface area contributed by atoms with E-state index in [1.165, 1.54) is 22.3 Å². The van der Waals surface area contributed by atoms with Gasteiger partial charge in [-0.05, 0) is 88.5 Å². The van der Waals surface area contributed by atoms with Gasteiger partial charge in [0.25, 0.3) is 0 Å². The van der Waals surface area contributed by atoms with Crippen LogP contribution in [-0.2, 0) is 25.7 Å². The minimum Gasteiger partial charge on any atom is -1.00 e. The molecule has 0 heterocycles. The van der Waals surface area contributed by atoms with Crippen molar-refractivity contribution in [3.05, 3.63) is 144 Å². The molecule has 0 atom stereocenters. The van der Waals surface area contributed by atoms with Crippen LogP contribution < -0.4 is 34.0 Å². The normalized spacial score (nSPS) is 10.9. The Bertz CT molecular complexity index is 1350. The van der Waals surface area contributed by atoms with Crippen LogP contribution in [0.2, 0.25) is 0 Å². The van der Waals surface area contributed by atoms with E-state index in [0.717, 1.165) is 77.5 Å². The molecule has 0 amide bonds. The summed E-state index contributed by atoms with van der Waals surface area (Å²) in [6.07, 6.45) is 9.01. The molecule has 4 aromatic carbocycles. The molecule has 0 spiro atoms. The first kappa shape index (κ1) is 47.2. The highest BCUT2D eigenvalue weighted by Gasteiger charge is 2.40. The fourth-order valence-electron chi connectivity index (χ4n) is 8.47. The van der Waals surface area contributed by atoms with Gasteiger partial charge in [0.1, 0.15) is 26.2 Å². The first-order valence-electron chi connectivity index (χ1n) is 19.8. The second kappa shape index (κ2) is 25.2. The Balaban J connectivity index is 0.000000501. The standard InChI is InChI=1S/2C24H34N.2BrH/c2*1-5-23(25(7-3)8-4)24(6-2,19-21-15-11-9-12-16-21)20-22-17-13-10-14-18-22;;/h2*9-18H,5-8,19-20H2,1-4H3;2*1H/q2*+1;;/p-2. The molecule has 0 aliphatic carbocycles. The molecule has 2 nitrogen and oxygen atoms in total. The summed E-state index contributed by atoms with van der Waals surface area (Å²) in [7, 11) is 0. The quantitative estimate of drug-likeness (QED) is 0.0918. The van der Waals surface area contributed by atoms with Gasteiger partial charge in [-0.2, -0.15) is 0 Å². The van der Waals surface area contributed by atoms with E-state index in [2.05, 4.69) is 186 Å². The van der Waals surface area contributed by atoms with Crippen LogP contribution in [0.25, 0.3) is 0 Å². The second-order valence-electron chi connectivity index (χ2n) is 13.9. The van der Waals surface area contributed by atoms with Gasteiger partial charge in [0.05, 0.1) is 10.8 Å². The summed E-state index contributed by atoms with van der Waals surface area (Å²) < 4.78 is 5.19. The van der Waals surface area contributed by atoms with Gasteiger partial charge in [0.2, 0.25) is 0 Å². The van der Waals surface area contributed by atoms with Crippen molar-refractivity contribution >= 4 is 11.4 Å². The zero-order valence-corrected chi connectivity index (χ0v) is 36.9. The van der Waals surface area contributed by atoms with Crippen molar-refractivity contribution in [2.24, 2.45) is 10.8 Å². The van der Waals surface area contributed by atoms with E-state index in [1.54, 1.807) is 11.4 Å². The van der Waals surface area contributed by atoms with E-state index in [4.69, 9.17) is 0 Å². The zero-order chi connectivity index (χ0) is 36.2. The Hall–Kier alpha value is -2.82. The molecule has 284 valence electrons. The van der Waals surface area contributed by atoms with Gasteiger partial charge in [-0.1, -0.05) is 149 Å². The van der Waals surface area contributed by atoms with E-state index >= 15 is 0 Å². The SMILES string of the molecule is CCC(=[N+](CC)CC)C(CC)(Cc1ccccc1)Cc1ccccc1.CCC(=[N+](CC)CC)C(CC)(Cc1ccccc1)Cc1ccccc1.[Br-].[Br-]. The Kier molecular flexibility index (Phi) is 22.9. The lowest BCUT2D eigenvalue weighted by atomic mass is 9.70. The number of hydrogen-bond acceptors (Lipinski definition) is 0. The largest absolute Gasteiger partial charge is 1.00 e. The van der Waals surface area contributed by atoms with Crippen molar-refractivity contribution in [2.45, 2.75) is 107 Å². The van der Waals surface area contributed by atoms with Crippen molar-refractivity contribution in [1.82, 2.24) is 0 Å². The van der Waals surface area contributed by atoms with Gasteiger partial charge in [-0.3, -0.25) is 0 Å². The number of rotatable bonds is 18. The molecule has 0 aliphatic heterocycles. The number of nitrogens with zero attached hydrogens (tertiary/aromatic N) is 2. The average Bonchev–Trinajstić information content (AvgIpc) is 3.17. The number of halogens is 2. The third kappa shape index (κ3) is 13.2. The van der Waals surface area contributed by atoms with Gasteiger partial charge >= 0.3 is 0 Å². The second-order valence-corrected chi connectivity index (χ2v) is 13.9. The molecule has 4 aromatic rings. The Labute approximate surface area is 340 Å². The summed E-state index contributed by atoms with van der Waals surface area (Å²) in [5.41, 5.74) is 9.38. The van der Waals surface area contributed by atoms with Gasteiger partial charge in [0.15, 0.2) is 11.4 Å². The summed E-state index contributed by atoms with van der Waals surface area (Å²) in [5, 5.41) is 0. The van der Waals surface area contributed by atoms with Crippen LogP contribution in [0.15, 0.2) is 121 Å². The first-order chi connectivity index (χ1) is 24.4.